The number of carbonyl (C=O) groups is 2. The number of hydrogen-bond acceptors (Lipinski definition) is 4. The van der Waals surface area contributed by atoms with Gasteiger partial charge in [0.2, 0.25) is 5.91 Å². The fourth-order valence-electron chi connectivity index (χ4n) is 8.98. The van der Waals surface area contributed by atoms with E-state index >= 15 is 0 Å². The van der Waals surface area contributed by atoms with E-state index in [1.54, 1.807) is 0 Å². The largest absolute Gasteiger partial charge is 0.480 e. The molecule has 0 spiro atoms. The van der Waals surface area contributed by atoms with Crippen LogP contribution in [0.4, 0.5) is 0 Å². The topological polar surface area (TPSA) is 107 Å². The number of aliphatic carboxylic acids is 1. The van der Waals surface area contributed by atoms with E-state index in [0.717, 1.165) is 44.9 Å². The van der Waals surface area contributed by atoms with Crippen molar-refractivity contribution >= 4 is 11.9 Å². The van der Waals surface area contributed by atoms with Crippen LogP contribution in [0.5, 0.6) is 0 Å². The number of hydrogen-bond donors (Lipinski definition) is 4. The predicted octanol–water partition coefficient (Wildman–Crippen LogP) is 3.59. The van der Waals surface area contributed by atoms with E-state index in [4.69, 9.17) is 5.11 Å². The fourth-order valence-corrected chi connectivity index (χ4v) is 8.98. The third-order valence-electron chi connectivity index (χ3n) is 10.8. The molecule has 10 atom stereocenters. The Hall–Kier alpha value is -1.14. The summed E-state index contributed by atoms with van der Waals surface area (Å²) in [5, 5.41) is 33.0. The number of nitrogens with one attached hydrogen (secondary N) is 1. The van der Waals surface area contributed by atoms with Crippen LogP contribution in [0.1, 0.15) is 85.0 Å². The highest BCUT2D eigenvalue weighted by atomic mass is 16.4. The van der Waals surface area contributed by atoms with E-state index < -0.39 is 5.97 Å². The zero-order chi connectivity index (χ0) is 23.3. The van der Waals surface area contributed by atoms with Crippen LogP contribution in [0.2, 0.25) is 0 Å². The Morgan fingerprint density at radius 1 is 1.03 bits per heavy atom. The molecular weight excluding hydrogens is 406 g/mol. The average Bonchev–Trinajstić information content (AvgIpc) is 3.10. The summed E-state index contributed by atoms with van der Waals surface area (Å²) in [6.07, 6.45) is 9.12. The maximum absolute atomic E-state index is 12.0. The Morgan fingerprint density at radius 3 is 2.50 bits per heavy atom. The molecule has 32 heavy (non-hydrogen) atoms. The van der Waals surface area contributed by atoms with E-state index in [-0.39, 0.29) is 35.5 Å². The van der Waals surface area contributed by atoms with Crippen molar-refractivity contribution < 1.29 is 24.9 Å². The molecule has 0 unspecified atom stereocenters. The highest BCUT2D eigenvalue weighted by molar-refractivity contribution is 5.81. The van der Waals surface area contributed by atoms with Gasteiger partial charge in [-0.05, 0) is 104 Å². The van der Waals surface area contributed by atoms with Crippen LogP contribution in [0.25, 0.3) is 0 Å². The van der Waals surface area contributed by atoms with Crippen molar-refractivity contribution in [3.63, 3.8) is 0 Å². The van der Waals surface area contributed by atoms with Crippen LogP contribution in [-0.2, 0) is 9.59 Å². The highest BCUT2D eigenvalue weighted by Crippen LogP contribution is 2.68. The molecule has 0 saturated heterocycles. The lowest BCUT2D eigenvalue weighted by Crippen LogP contribution is -2.58. The van der Waals surface area contributed by atoms with Crippen LogP contribution in [0, 0.1) is 46.3 Å². The Balaban J connectivity index is 1.45. The van der Waals surface area contributed by atoms with Gasteiger partial charge in [0.05, 0.1) is 12.2 Å². The smallest absolute Gasteiger partial charge is 0.322 e. The van der Waals surface area contributed by atoms with E-state index in [1.165, 1.54) is 12.8 Å². The van der Waals surface area contributed by atoms with Crippen molar-refractivity contribution in [3.05, 3.63) is 0 Å². The minimum absolute atomic E-state index is 0.102. The Morgan fingerprint density at radius 2 is 1.78 bits per heavy atom. The average molecular weight is 450 g/mol. The van der Waals surface area contributed by atoms with Crippen molar-refractivity contribution in [2.75, 3.05) is 6.54 Å². The molecule has 6 nitrogen and oxygen atoms in total. The number of carboxylic acid groups (broad SMARTS) is 1. The molecule has 0 bridgehead atoms. The first-order valence-electron chi connectivity index (χ1n) is 12.9. The second-order valence-electron chi connectivity index (χ2n) is 12.1. The summed E-state index contributed by atoms with van der Waals surface area (Å²) in [5.74, 6) is 1.84. The second kappa shape index (κ2) is 8.90. The third-order valence-corrected chi connectivity index (χ3v) is 10.8. The summed E-state index contributed by atoms with van der Waals surface area (Å²) in [6, 6.07) is 0. The van der Waals surface area contributed by atoms with Crippen molar-refractivity contribution in [1.29, 1.82) is 0 Å². The van der Waals surface area contributed by atoms with Crippen LogP contribution in [0.3, 0.4) is 0 Å². The van der Waals surface area contributed by atoms with E-state index in [2.05, 4.69) is 26.1 Å². The lowest BCUT2D eigenvalue weighted by molar-refractivity contribution is -0.175. The van der Waals surface area contributed by atoms with Gasteiger partial charge in [-0.2, -0.15) is 0 Å². The molecule has 0 aromatic rings. The van der Waals surface area contributed by atoms with Crippen molar-refractivity contribution in [1.82, 2.24) is 5.32 Å². The minimum atomic E-state index is -1.02. The van der Waals surface area contributed by atoms with Crippen LogP contribution >= 0.6 is 0 Å². The van der Waals surface area contributed by atoms with E-state index in [1.807, 2.05) is 0 Å². The molecule has 0 radical (unpaired) electrons. The Bertz CT molecular complexity index is 727. The molecule has 6 heteroatoms. The molecule has 1 amide bonds. The van der Waals surface area contributed by atoms with Crippen molar-refractivity contribution in [2.24, 2.45) is 46.3 Å². The number of aliphatic hydroxyl groups excluding tert-OH is 2. The molecule has 182 valence electrons. The van der Waals surface area contributed by atoms with Gasteiger partial charge in [0.1, 0.15) is 6.54 Å². The summed E-state index contributed by atoms with van der Waals surface area (Å²) < 4.78 is 0. The zero-order valence-corrected chi connectivity index (χ0v) is 20.1. The molecule has 0 aromatic carbocycles. The molecule has 0 aromatic heterocycles. The first kappa shape index (κ1) is 24.0. The van der Waals surface area contributed by atoms with Gasteiger partial charge in [-0.1, -0.05) is 20.8 Å². The molecular formula is C26H43NO5. The molecule has 4 rings (SSSR count). The fraction of sp³-hybridized carbons (Fsp3) is 0.923. The molecule has 4 aliphatic carbocycles. The SMILES string of the molecule is C[C@H](CCC(=O)NCC(=O)O)[C@H]1CC[C@H]2[C@@H]3CC[C@@H]4C[C@H](O)CC[C@@]4(C)[C@H]3C[C@H](O)[C@]12C. The van der Waals surface area contributed by atoms with Crippen LogP contribution in [0.15, 0.2) is 0 Å². The number of carboxylic acids is 1. The maximum Gasteiger partial charge on any atom is 0.322 e. The van der Waals surface area contributed by atoms with Crippen LogP contribution in [-0.4, -0.2) is 45.9 Å². The number of rotatable bonds is 6. The molecule has 4 saturated carbocycles. The summed E-state index contributed by atoms with van der Waals surface area (Å²) >= 11 is 0. The van der Waals surface area contributed by atoms with Crippen molar-refractivity contribution in [2.45, 2.75) is 97.2 Å². The zero-order valence-electron chi connectivity index (χ0n) is 20.1. The van der Waals surface area contributed by atoms with Gasteiger partial charge >= 0.3 is 5.97 Å². The van der Waals surface area contributed by atoms with E-state index in [0.29, 0.717) is 41.9 Å². The number of aliphatic hydroxyl groups is 2. The lowest BCUT2D eigenvalue weighted by Gasteiger charge is -2.62. The molecule has 4 aliphatic rings. The first-order valence-corrected chi connectivity index (χ1v) is 12.9. The Labute approximate surface area is 192 Å². The molecule has 0 aliphatic heterocycles. The standard InChI is InChI=1S/C26H43NO5/c1-15(4-9-23(30)27-14-24(31)32)19-7-8-20-18-6-5-16-12-17(28)10-11-25(16,2)21(18)13-22(29)26(19,20)3/h15-22,28-29H,4-14H2,1-3H3,(H,27,30)(H,31,32)/t15-,16-,17-,18+,19-,20+,21+,22+,25-,26-/m1/s1. The monoisotopic (exact) mass is 449 g/mol. The Kier molecular flexibility index (Phi) is 6.68. The van der Waals surface area contributed by atoms with Crippen molar-refractivity contribution in [3.8, 4) is 0 Å². The van der Waals surface area contributed by atoms with Gasteiger partial charge in [0.15, 0.2) is 0 Å². The number of amides is 1. The number of carbonyl (C=O) groups excluding carboxylic acids is 1. The lowest BCUT2D eigenvalue weighted by atomic mass is 9.43. The van der Waals surface area contributed by atoms with Gasteiger partial charge in [-0.15, -0.1) is 0 Å². The quantitative estimate of drug-likeness (QED) is 0.496. The summed E-state index contributed by atoms with van der Waals surface area (Å²) in [4.78, 5) is 22.7. The minimum Gasteiger partial charge on any atom is -0.480 e. The predicted molar refractivity (Wildman–Crippen MR) is 122 cm³/mol. The van der Waals surface area contributed by atoms with Gasteiger partial charge in [0, 0.05) is 6.42 Å². The molecule has 4 fully saturated rings. The van der Waals surface area contributed by atoms with E-state index in [9.17, 15) is 19.8 Å². The highest BCUT2D eigenvalue weighted by Gasteiger charge is 2.63. The second-order valence-corrected chi connectivity index (χ2v) is 12.1. The summed E-state index contributed by atoms with van der Waals surface area (Å²) in [6.45, 7) is 6.65. The van der Waals surface area contributed by atoms with Gasteiger partial charge < -0.3 is 20.6 Å². The number of fused-ring (bicyclic) bond motifs is 5. The first-order chi connectivity index (χ1) is 15.1. The molecule has 0 heterocycles. The normalized spacial score (nSPS) is 46.5. The van der Waals surface area contributed by atoms with Gasteiger partial charge in [-0.3, -0.25) is 9.59 Å². The summed E-state index contributed by atoms with van der Waals surface area (Å²) in [5.41, 5.74) is 0.145. The van der Waals surface area contributed by atoms with Gasteiger partial charge in [-0.25, -0.2) is 0 Å². The van der Waals surface area contributed by atoms with Crippen LogP contribution < -0.4 is 5.32 Å². The third kappa shape index (κ3) is 4.00. The maximum atomic E-state index is 12.0. The summed E-state index contributed by atoms with van der Waals surface area (Å²) in [7, 11) is 0. The molecule has 4 N–H and O–H groups in total. The van der Waals surface area contributed by atoms with Gasteiger partial charge in [0.25, 0.3) is 0 Å².